The van der Waals surface area contributed by atoms with Gasteiger partial charge in [-0.3, -0.25) is 0 Å². The third kappa shape index (κ3) is 5.80. The lowest BCUT2D eigenvalue weighted by Crippen LogP contribution is -2.15. The van der Waals surface area contributed by atoms with Crippen LogP contribution in [0.1, 0.15) is 18.1 Å². The van der Waals surface area contributed by atoms with Gasteiger partial charge < -0.3 is 24.3 Å². The van der Waals surface area contributed by atoms with E-state index in [9.17, 15) is 0 Å². The quantitative estimate of drug-likeness (QED) is 0.596. The lowest BCUT2D eigenvalue weighted by Gasteiger charge is -2.14. The fraction of sp³-hybridized carbons (Fsp3) is 0.400. The van der Waals surface area contributed by atoms with Crippen molar-refractivity contribution in [3.05, 3.63) is 52.5 Å². The summed E-state index contributed by atoms with van der Waals surface area (Å²) < 4.78 is 21.7. The molecule has 0 heterocycles. The van der Waals surface area contributed by atoms with E-state index in [0.29, 0.717) is 49.4 Å². The topological polar surface area (TPSA) is 49.0 Å². The van der Waals surface area contributed by atoms with Crippen LogP contribution in [0.4, 0.5) is 0 Å². The Balaban J connectivity index is 1.95. The number of methoxy groups -OCH3 is 2. The zero-order valence-corrected chi connectivity index (χ0v) is 16.3. The van der Waals surface area contributed by atoms with Gasteiger partial charge in [0, 0.05) is 36.3 Å². The van der Waals surface area contributed by atoms with Crippen molar-refractivity contribution in [3.8, 4) is 17.2 Å². The van der Waals surface area contributed by atoms with E-state index in [2.05, 4.69) is 5.32 Å². The monoisotopic (exact) mass is 379 g/mol. The molecule has 0 unspecified atom stereocenters. The van der Waals surface area contributed by atoms with Crippen molar-refractivity contribution in [1.82, 2.24) is 5.32 Å². The number of para-hydroxylation sites is 1. The number of rotatable bonds is 11. The first-order valence-electron chi connectivity index (χ1n) is 8.59. The van der Waals surface area contributed by atoms with Gasteiger partial charge in [-0.25, -0.2) is 0 Å². The fourth-order valence-corrected chi connectivity index (χ4v) is 2.73. The molecule has 2 rings (SSSR count). The Morgan fingerprint density at radius 2 is 1.58 bits per heavy atom. The molecule has 0 radical (unpaired) electrons. The maximum atomic E-state index is 6.33. The molecule has 0 amide bonds. The van der Waals surface area contributed by atoms with Crippen LogP contribution in [0.15, 0.2) is 36.4 Å². The van der Waals surface area contributed by atoms with Gasteiger partial charge in [0.05, 0.1) is 20.8 Å². The second kappa shape index (κ2) is 10.9. The number of hydrogen-bond acceptors (Lipinski definition) is 5. The zero-order valence-electron chi connectivity index (χ0n) is 15.5. The van der Waals surface area contributed by atoms with E-state index >= 15 is 0 Å². The first-order chi connectivity index (χ1) is 12.7. The summed E-state index contributed by atoms with van der Waals surface area (Å²) in [5.41, 5.74) is 2.03. The Bertz CT molecular complexity index is 694. The van der Waals surface area contributed by atoms with Gasteiger partial charge in [-0.2, -0.15) is 0 Å². The maximum Gasteiger partial charge on any atom is 0.162 e. The summed E-state index contributed by atoms with van der Waals surface area (Å²) in [5, 5.41) is 4.03. The van der Waals surface area contributed by atoms with Crippen LogP contribution in [-0.4, -0.2) is 34.0 Å². The molecule has 0 saturated heterocycles. The molecule has 6 heteroatoms. The lowest BCUT2D eigenvalue weighted by molar-refractivity contribution is 0.110. The molecular formula is C20H26ClNO4. The second-order valence-electron chi connectivity index (χ2n) is 5.56. The summed E-state index contributed by atoms with van der Waals surface area (Å²) in [5.74, 6) is 2.14. The van der Waals surface area contributed by atoms with Crippen molar-refractivity contribution in [1.29, 1.82) is 0 Å². The molecule has 0 spiro atoms. The summed E-state index contributed by atoms with van der Waals surface area (Å²) >= 11 is 6.33. The third-order valence-electron chi connectivity index (χ3n) is 3.85. The molecule has 0 saturated carbocycles. The number of hydrogen-bond donors (Lipinski definition) is 1. The highest BCUT2D eigenvalue weighted by atomic mass is 35.5. The third-order valence-corrected chi connectivity index (χ3v) is 4.20. The first-order valence-corrected chi connectivity index (χ1v) is 8.97. The minimum Gasteiger partial charge on any atom is -0.493 e. The highest BCUT2D eigenvalue weighted by molar-refractivity contribution is 6.31. The summed E-state index contributed by atoms with van der Waals surface area (Å²) in [4.78, 5) is 0. The van der Waals surface area contributed by atoms with Gasteiger partial charge in [0.25, 0.3) is 0 Å². The standard InChI is InChI=1S/C20H26ClNO4/c1-4-25-9-10-26-18-8-6-5-7-15(18)13-22-14-16-11-19(23-2)20(24-3)12-17(16)21/h5-8,11-12,22H,4,9-10,13-14H2,1-3H3. The van der Waals surface area contributed by atoms with E-state index in [1.165, 1.54) is 0 Å². The molecule has 142 valence electrons. The predicted molar refractivity (Wildman–Crippen MR) is 104 cm³/mol. The van der Waals surface area contributed by atoms with E-state index in [0.717, 1.165) is 16.9 Å². The van der Waals surface area contributed by atoms with Crippen LogP contribution in [0.5, 0.6) is 17.2 Å². The molecule has 5 nitrogen and oxygen atoms in total. The normalized spacial score (nSPS) is 10.6. The van der Waals surface area contributed by atoms with E-state index < -0.39 is 0 Å². The van der Waals surface area contributed by atoms with Crippen LogP contribution >= 0.6 is 11.6 Å². The predicted octanol–water partition coefficient (Wildman–Crippen LogP) is 4.06. The molecule has 2 aromatic rings. The Morgan fingerprint density at radius 1 is 0.885 bits per heavy atom. The maximum absolute atomic E-state index is 6.33. The van der Waals surface area contributed by atoms with E-state index in [-0.39, 0.29) is 0 Å². The molecule has 2 aromatic carbocycles. The number of benzene rings is 2. The first kappa shape index (κ1) is 20.4. The van der Waals surface area contributed by atoms with Crippen LogP contribution < -0.4 is 19.5 Å². The molecule has 0 aliphatic heterocycles. The Morgan fingerprint density at radius 3 is 2.31 bits per heavy atom. The molecule has 0 atom stereocenters. The molecule has 1 N–H and O–H groups in total. The van der Waals surface area contributed by atoms with Crippen molar-refractivity contribution >= 4 is 11.6 Å². The van der Waals surface area contributed by atoms with Gasteiger partial charge in [0.2, 0.25) is 0 Å². The summed E-state index contributed by atoms with van der Waals surface area (Å²) in [7, 11) is 3.20. The molecule has 0 bridgehead atoms. The van der Waals surface area contributed by atoms with Crippen LogP contribution in [0.3, 0.4) is 0 Å². The minimum absolute atomic E-state index is 0.534. The number of nitrogens with one attached hydrogen (secondary N) is 1. The van der Waals surface area contributed by atoms with Gasteiger partial charge in [0.1, 0.15) is 12.4 Å². The molecular weight excluding hydrogens is 354 g/mol. The van der Waals surface area contributed by atoms with Gasteiger partial charge in [-0.15, -0.1) is 0 Å². The molecule has 0 aromatic heterocycles. The van der Waals surface area contributed by atoms with Crippen molar-refractivity contribution in [2.45, 2.75) is 20.0 Å². The van der Waals surface area contributed by atoms with Gasteiger partial charge in [-0.1, -0.05) is 29.8 Å². The van der Waals surface area contributed by atoms with Crippen LogP contribution in [0.25, 0.3) is 0 Å². The van der Waals surface area contributed by atoms with E-state index in [1.54, 1.807) is 20.3 Å². The second-order valence-corrected chi connectivity index (χ2v) is 5.96. The summed E-state index contributed by atoms with van der Waals surface area (Å²) in [6.45, 7) is 5.05. The van der Waals surface area contributed by atoms with E-state index in [4.69, 9.17) is 30.5 Å². The van der Waals surface area contributed by atoms with Crippen molar-refractivity contribution in [2.24, 2.45) is 0 Å². The highest BCUT2D eigenvalue weighted by Gasteiger charge is 2.10. The highest BCUT2D eigenvalue weighted by Crippen LogP contribution is 2.33. The van der Waals surface area contributed by atoms with Crippen molar-refractivity contribution in [3.63, 3.8) is 0 Å². The van der Waals surface area contributed by atoms with Gasteiger partial charge in [-0.05, 0) is 24.6 Å². The Hall–Kier alpha value is -1.95. The van der Waals surface area contributed by atoms with Crippen LogP contribution in [-0.2, 0) is 17.8 Å². The van der Waals surface area contributed by atoms with E-state index in [1.807, 2.05) is 37.3 Å². The number of halogens is 1. The summed E-state index contributed by atoms with van der Waals surface area (Å²) in [6, 6.07) is 11.6. The van der Waals surface area contributed by atoms with Crippen molar-refractivity contribution in [2.75, 3.05) is 34.0 Å². The molecule has 0 fully saturated rings. The fourth-order valence-electron chi connectivity index (χ4n) is 2.51. The average molecular weight is 380 g/mol. The molecule has 26 heavy (non-hydrogen) atoms. The van der Waals surface area contributed by atoms with Gasteiger partial charge >= 0.3 is 0 Å². The van der Waals surface area contributed by atoms with Crippen LogP contribution in [0.2, 0.25) is 5.02 Å². The van der Waals surface area contributed by atoms with Crippen LogP contribution in [0, 0.1) is 0 Å². The smallest absolute Gasteiger partial charge is 0.162 e. The Kier molecular flexibility index (Phi) is 8.54. The average Bonchev–Trinajstić information content (AvgIpc) is 2.67. The minimum atomic E-state index is 0.534. The molecule has 0 aliphatic carbocycles. The number of ether oxygens (including phenoxy) is 4. The summed E-state index contributed by atoms with van der Waals surface area (Å²) in [6.07, 6.45) is 0. The molecule has 0 aliphatic rings. The SMILES string of the molecule is CCOCCOc1ccccc1CNCc1cc(OC)c(OC)cc1Cl. The Labute approximate surface area is 160 Å². The lowest BCUT2D eigenvalue weighted by atomic mass is 10.1. The zero-order chi connectivity index (χ0) is 18.8. The largest absolute Gasteiger partial charge is 0.493 e. The van der Waals surface area contributed by atoms with Gasteiger partial charge in [0.15, 0.2) is 11.5 Å². The van der Waals surface area contributed by atoms with Crippen molar-refractivity contribution < 1.29 is 18.9 Å².